The van der Waals surface area contributed by atoms with Gasteiger partial charge in [-0.25, -0.2) is 9.76 Å². The Morgan fingerprint density at radius 3 is 2.45 bits per heavy atom. The van der Waals surface area contributed by atoms with Crippen molar-refractivity contribution in [2.75, 3.05) is 37.2 Å². The van der Waals surface area contributed by atoms with E-state index in [1.807, 2.05) is 0 Å². The normalized spacial score (nSPS) is 27.4. The van der Waals surface area contributed by atoms with E-state index in [-0.39, 0.29) is 49.4 Å². The average molecular weight is 425 g/mol. The van der Waals surface area contributed by atoms with Crippen molar-refractivity contribution in [3.05, 3.63) is 0 Å². The number of nitrogens with zero attached hydrogens (tertiary/aromatic N) is 1. The molecule has 0 saturated carbocycles. The van der Waals surface area contributed by atoms with Crippen LogP contribution in [0.2, 0.25) is 0 Å². The van der Waals surface area contributed by atoms with Crippen LogP contribution in [-0.2, 0) is 19.2 Å². The van der Waals surface area contributed by atoms with E-state index in [2.05, 4.69) is 17.7 Å². The van der Waals surface area contributed by atoms with Gasteiger partial charge >= 0.3 is 37.2 Å². The molecule has 3 atom stereocenters. The minimum absolute atomic E-state index is 0. The smallest absolute Gasteiger partial charge is 1.00 e. The van der Waals surface area contributed by atoms with Crippen LogP contribution in [0.25, 0.3) is 0 Å². The molecule has 1 rings (SSSR count). The Bertz CT molecular complexity index is 487. The van der Waals surface area contributed by atoms with E-state index in [1.54, 1.807) is 0 Å². The molecular weight excluding hydrogens is 405 g/mol. The molecule has 0 bridgehead atoms. The molecule has 1 aliphatic heterocycles. The van der Waals surface area contributed by atoms with Gasteiger partial charge in [-0.3, -0.25) is 9.12 Å². The van der Waals surface area contributed by atoms with Crippen LogP contribution in [0.3, 0.4) is 0 Å². The quantitative estimate of drug-likeness (QED) is 0.144. The standard InChI is InChI=1S/C9H19Cl2N2O5PS2.Na.H/c10-2-4-13(5-3-11)19(14)12-8(1-6-18-19)9(20)7-21(15,16)17;;/h8-9,20H,1-7H2,(H,12,14)(H,15,16,17);;/q;+1;-1. The van der Waals surface area contributed by atoms with E-state index in [1.165, 1.54) is 4.67 Å². The molecule has 3 unspecified atom stereocenters. The first-order valence-corrected chi connectivity index (χ1v) is 11.0. The zero-order valence-corrected chi connectivity index (χ0v) is 18.3. The van der Waals surface area contributed by atoms with Crippen LogP contribution in [0, 0.1) is 0 Å². The van der Waals surface area contributed by atoms with Crippen molar-refractivity contribution < 1.29 is 53.0 Å². The summed E-state index contributed by atoms with van der Waals surface area (Å²) in [7, 11) is -7.50. The summed E-state index contributed by atoms with van der Waals surface area (Å²) < 4.78 is 50.4. The maximum atomic E-state index is 12.8. The first-order valence-electron chi connectivity index (χ1n) is 6.25. The third-order valence-electron chi connectivity index (χ3n) is 2.93. The van der Waals surface area contributed by atoms with Crippen molar-refractivity contribution in [2.45, 2.75) is 17.7 Å². The monoisotopic (exact) mass is 424 g/mol. The fraction of sp³-hybridized carbons (Fsp3) is 1.00. The molecule has 0 amide bonds. The molecule has 0 aliphatic carbocycles. The summed E-state index contributed by atoms with van der Waals surface area (Å²) in [5.41, 5.74) is 0. The summed E-state index contributed by atoms with van der Waals surface area (Å²) in [6.07, 6.45) is 0.434. The Hall–Kier alpha value is 1.95. The fourth-order valence-corrected chi connectivity index (χ4v) is 6.38. The molecule has 0 aromatic carbocycles. The largest absolute Gasteiger partial charge is 1.00 e. The Morgan fingerprint density at radius 2 is 2.00 bits per heavy atom. The number of rotatable bonds is 8. The number of thiol groups is 1. The van der Waals surface area contributed by atoms with Crippen molar-refractivity contribution in [3.63, 3.8) is 0 Å². The Kier molecular flexibility index (Phi) is 11.8. The number of hydrogen-bond acceptors (Lipinski definition) is 5. The van der Waals surface area contributed by atoms with Crippen molar-refractivity contribution in [1.29, 1.82) is 0 Å². The molecule has 13 heteroatoms. The third-order valence-corrected chi connectivity index (χ3v) is 7.17. The van der Waals surface area contributed by atoms with Gasteiger partial charge in [-0.2, -0.15) is 21.0 Å². The summed E-state index contributed by atoms with van der Waals surface area (Å²) in [4.78, 5) is 0. The van der Waals surface area contributed by atoms with Crippen LogP contribution in [0.5, 0.6) is 0 Å². The number of hydrogen-bond donors (Lipinski definition) is 3. The molecule has 128 valence electrons. The summed E-state index contributed by atoms with van der Waals surface area (Å²) in [5, 5.41) is 2.11. The van der Waals surface area contributed by atoms with E-state index in [9.17, 15) is 13.0 Å². The van der Waals surface area contributed by atoms with E-state index >= 15 is 0 Å². The molecule has 2 N–H and O–H groups in total. The van der Waals surface area contributed by atoms with Gasteiger partial charge < -0.3 is 5.95 Å². The van der Waals surface area contributed by atoms with Crippen molar-refractivity contribution in [1.82, 2.24) is 9.76 Å². The number of alkyl halides is 2. The molecule has 0 aromatic rings. The molecular formula is C9H20Cl2N2NaO5PS2. The number of halogens is 2. The molecule has 1 heterocycles. The maximum absolute atomic E-state index is 12.8. The average Bonchev–Trinajstić information content (AvgIpc) is 2.36. The van der Waals surface area contributed by atoms with Gasteiger partial charge in [0.1, 0.15) is 0 Å². The van der Waals surface area contributed by atoms with Crippen LogP contribution in [0.1, 0.15) is 7.85 Å². The molecule has 7 nitrogen and oxygen atoms in total. The Labute approximate surface area is 170 Å². The van der Waals surface area contributed by atoms with Crippen molar-refractivity contribution >= 4 is 53.6 Å². The van der Waals surface area contributed by atoms with Gasteiger partial charge in [-0.1, -0.05) is 0 Å². The molecule has 1 saturated heterocycles. The van der Waals surface area contributed by atoms with Crippen molar-refractivity contribution in [2.24, 2.45) is 0 Å². The second-order valence-corrected chi connectivity index (χ2v) is 9.56. The zero-order valence-electron chi connectivity index (χ0n) is 13.2. The molecule has 22 heavy (non-hydrogen) atoms. The predicted molar refractivity (Wildman–Crippen MR) is 88.4 cm³/mol. The molecule has 0 radical (unpaired) electrons. The van der Waals surface area contributed by atoms with E-state index in [0.717, 1.165) is 0 Å². The summed E-state index contributed by atoms with van der Waals surface area (Å²) in [5.74, 6) is -0.0173. The van der Waals surface area contributed by atoms with Gasteiger partial charge in [0.15, 0.2) is 0 Å². The second-order valence-electron chi connectivity index (χ2n) is 4.53. The minimum Gasteiger partial charge on any atom is -1.00 e. The van der Waals surface area contributed by atoms with Crippen molar-refractivity contribution in [3.8, 4) is 0 Å². The Balaban J connectivity index is 0. The summed E-state index contributed by atoms with van der Waals surface area (Å²) in [6.45, 7) is 0.834. The molecule has 1 aliphatic rings. The van der Waals surface area contributed by atoms with Crippen LogP contribution in [-0.4, -0.2) is 66.1 Å². The third kappa shape index (κ3) is 7.89. The van der Waals surface area contributed by atoms with Crippen LogP contribution < -0.4 is 34.6 Å². The summed E-state index contributed by atoms with van der Waals surface area (Å²) in [6, 6.07) is -0.469. The predicted octanol–water partition coefficient (Wildman–Crippen LogP) is -1.44. The van der Waals surface area contributed by atoms with E-state index in [0.29, 0.717) is 19.5 Å². The maximum Gasteiger partial charge on any atom is 1.00 e. The van der Waals surface area contributed by atoms with Crippen LogP contribution in [0.4, 0.5) is 0 Å². The van der Waals surface area contributed by atoms with E-state index < -0.39 is 34.8 Å². The first-order chi connectivity index (χ1) is 9.72. The van der Waals surface area contributed by atoms with Gasteiger partial charge in [0, 0.05) is 36.1 Å². The van der Waals surface area contributed by atoms with Crippen LogP contribution in [0.15, 0.2) is 0 Å². The molecule has 1 fully saturated rings. The minimum atomic E-state index is -4.15. The Morgan fingerprint density at radius 1 is 1.45 bits per heavy atom. The topological polar surface area (TPSA) is 95.9 Å². The fourth-order valence-electron chi connectivity index (χ4n) is 1.96. The number of nitrogens with one attached hydrogen (secondary N) is 1. The van der Waals surface area contributed by atoms with E-state index in [4.69, 9.17) is 32.3 Å². The summed E-state index contributed by atoms with van der Waals surface area (Å²) >= 11 is 15.5. The second kappa shape index (κ2) is 10.8. The van der Waals surface area contributed by atoms with Gasteiger partial charge in [0.25, 0.3) is 10.1 Å². The van der Waals surface area contributed by atoms with Gasteiger partial charge in [0.05, 0.1) is 12.4 Å². The SMILES string of the molecule is O=P1(N(CCCl)CCCl)NC(C(S)CS(=O)(=O)O)CCO1.[H-].[Na+]. The van der Waals surface area contributed by atoms with Gasteiger partial charge in [-0.15, -0.1) is 23.2 Å². The van der Waals surface area contributed by atoms with Crippen LogP contribution >= 0.6 is 43.5 Å². The van der Waals surface area contributed by atoms with Gasteiger partial charge in [0.2, 0.25) is 0 Å². The molecule has 0 aromatic heterocycles. The molecule has 0 spiro atoms. The van der Waals surface area contributed by atoms with Gasteiger partial charge in [-0.05, 0) is 6.42 Å². The zero-order chi connectivity index (χ0) is 16.1. The first kappa shape index (κ1) is 23.9.